The highest BCUT2D eigenvalue weighted by molar-refractivity contribution is 5.31. The largest absolute Gasteiger partial charge is 0.491 e. The van der Waals surface area contributed by atoms with Crippen LogP contribution in [0.2, 0.25) is 0 Å². The SMILES string of the molecule is CCC(O)COc1ccc(Cc2ccccc2)cc1. The van der Waals surface area contributed by atoms with Crippen molar-refractivity contribution in [1.29, 1.82) is 0 Å². The lowest BCUT2D eigenvalue weighted by atomic mass is 10.1. The molecule has 19 heavy (non-hydrogen) atoms. The van der Waals surface area contributed by atoms with Crippen LogP contribution in [0.25, 0.3) is 0 Å². The van der Waals surface area contributed by atoms with Crippen LogP contribution in [-0.2, 0) is 6.42 Å². The highest BCUT2D eigenvalue weighted by atomic mass is 16.5. The van der Waals surface area contributed by atoms with Crippen LogP contribution >= 0.6 is 0 Å². The Kier molecular flexibility index (Phi) is 4.99. The van der Waals surface area contributed by atoms with Gasteiger partial charge in [-0.25, -0.2) is 0 Å². The summed E-state index contributed by atoms with van der Waals surface area (Å²) in [7, 11) is 0. The minimum atomic E-state index is -0.385. The van der Waals surface area contributed by atoms with E-state index in [0.717, 1.165) is 12.2 Å². The van der Waals surface area contributed by atoms with E-state index in [-0.39, 0.29) is 6.10 Å². The summed E-state index contributed by atoms with van der Waals surface area (Å²) in [5.74, 6) is 0.810. The molecule has 1 N–H and O–H groups in total. The third-order valence-corrected chi connectivity index (χ3v) is 3.09. The van der Waals surface area contributed by atoms with Gasteiger partial charge in [-0.15, -0.1) is 0 Å². The first-order chi connectivity index (χ1) is 9.28. The first-order valence-corrected chi connectivity index (χ1v) is 6.71. The molecule has 2 aromatic rings. The molecule has 0 spiro atoms. The summed E-state index contributed by atoms with van der Waals surface area (Å²) in [6.07, 6.45) is 1.26. The smallest absolute Gasteiger partial charge is 0.119 e. The van der Waals surface area contributed by atoms with Gasteiger partial charge in [0.2, 0.25) is 0 Å². The summed E-state index contributed by atoms with van der Waals surface area (Å²) in [4.78, 5) is 0. The van der Waals surface area contributed by atoms with Gasteiger partial charge >= 0.3 is 0 Å². The lowest BCUT2D eigenvalue weighted by Crippen LogP contribution is -2.15. The van der Waals surface area contributed by atoms with Gasteiger partial charge in [0.15, 0.2) is 0 Å². The molecule has 2 aromatic carbocycles. The summed E-state index contributed by atoms with van der Waals surface area (Å²) in [6, 6.07) is 18.4. The maximum Gasteiger partial charge on any atom is 0.119 e. The monoisotopic (exact) mass is 256 g/mol. The third-order valence-electron chi connectivity index (χ3n) is 3.09. The van der Waals surface area contributed by atoms with Crippen molar-refractivity contribution < 1.29 is 9.84 Å². The van der Waals surface area contributed by atoms with Crippen LogP contribution in [-0.4, -0.2) is 17.8 Å². The van der Waals surface area contributed by atoms with Crippen LogP contribution in [0, 0.1) is 0 Å². The average Bonchev–Trinajstić information content (AvgIpc) is 2.47. The number of hydrogen-bond acceptors (Lipinski definition) is 2. The van der Waals surface area contributed by atoms with E-state index < -0.39 is 0 Å². The van der Waals surface area contributed by atoms with E-state index in [1.165, 1.54) is 11.1 Å². The molecule has 0 aliphatic carbocycles. The summed E-state index contributed by atoms with van der Waals surface area (Å²) in [6.45, 7) is 2.30. The highest BCUT2D eigenvalue weighted by Gasteiger charge is 2.02. The Morgan fingerprint density at radius 1 is 0.947 bits per heavy atom. The lowest BCUT2D eigenvalue weighted by molar-refractivity contribution is 0.104. The van der Waals surface area contributed by atoms with Crippen LogP contribution in [0.3, 0.4) is 0 Å². The van der Waals surface area contributed by atoms with Crippen molar-refractivity contribution in [2.45, 2.75) is 25.9 Å². The molecule has 2 nitrogen and oxygen atoms in total. The molecule has 0 aromatic heterocycles. The first-order valence-electron chi connectivity index (χ1n) is 6.71. The normalized spacial score (nSPS) is 12.1. The van der Waals surface area contributed by atoms with Gasteiger partial charge in [-0.05, 0) is 36.1 Å². The Morgan fingerprint density at radius 2 is 1.58 bits per heavy atom. The predicted octanol–water partition coefficient (Wildman–Crippen LogP) is 3.43. The predicted molar refractivity (Wildman–Crippen MR) is 77.5 cm³/mol. The Labute approximate surface area is 114 Å². The van der Waals surface area contributed by atoms with E-state index in [0.29, 0.717) is 13.0 Å². The third kappa shape index (κ3) is 4.42. The van der Waals surface area contributed by atoms with E-state index >= 15 is 0 Å². The van der Waals surface area contributed by atoms with Crippen molar-refractivity contribution in [3.05, 3.63) is 65.7 Å². The minimum Gasteiger partial charge on any atom is -0.491 e. The maximum absolute atomic E-state index is 9.44. The van der Waals surface area contributed by atoms with Crippen LogP contribution in [0.15, 0.2) is 54.6 Å². The van der Waals surface area contributed by atoms with Gasteiger partial charge in [0.05, 0.1) is 6.10 Å². The second kappa shape index (κ2) is 6.95. The number of aliphatic hydroxyl groups excluding tert-OH is 1. The minimum absolute atomic E-state index is 0.356. The molecule has 100 valence electrons. The molecule has 0 bridgehead atoms. The number of rotatable bonds is 6. The van der Waals surface area contributed by atoms with Crippen molar-refractivity contribution in [3.8, 4) is 5.75 Å². The molecule has 1 unspecified atom stereocenters. The van der Waals surface area contributed by atoms with Crippen LogP contribution in [0.4, 0.5) is 0 Å². The summed E-state index contributed by atoms with van der Waals surface area (Å²) in [5, 5.41) is 9.44. The van der Waals surface area contributed by atoms with Gasteiger partial charge in [-0.2, -0.15) is 0 Å². The fraction of sp³-hybridized carbons (Fsp3) is 0.294. The maximum atomic E-state index is 9.44. The quantitative estimate of drug-likeness (QED) is 0.858. The number of benzene rings is 2. The highest BCUT2D eigenvalue weighted by Crippen LogP contribution is 2.15. The molecule has 1 atom stereocenters. The van der Waals surface area contributed by atoms with E-state index in [1.807, 2.05) is 25.1 Å². The molecule has 0 aliphatic heterocycles. The van der Waals surface area contributed by atoms with Crippen molar-refractivity contribution >= 4 is 0 Å². The molecular weight excluding hydrogens is 236 g/mol. The Morgan fingerprint density at radius 3 is 2.21 bits per heavy atom. The van der Waals surface area contributed by atoms with Crippen molar-refractivity contribution in [2.75, 3.05) is 6.61 Å². The zero-order valence-corrected chi connectivity index (χ0v) is 11.3. The first kappa shape index (κ1) is 13.6. The van der Waals surface area contributed by atoms with E-state index in [9.17, 15) is 5.11 Å². The fourth-order valence-electron chi connectivity index (χ4n) is 1.85. The van der Waals surface area contributed by atoms with Crippen LogP contribution in [0.5, 0.6) is 5.75 Å². The van der Waals surface area contributed by atoms with Gasteiger partial charge in [0, 0.05) is 0 Å². The van der Waals surface area contributed by atoms with E-state index in [2.05, 4.69) is 36.4 Å². The lowest BCUT2D eigenvalue weighted by Gasteiger charge is -2.10. The van der Waals surface area contributed by atoms with Gasteiger partial charge < -0.3 is 9.84 Å². The van der Waals surface area contributed by atoms with E-state index in [1.54, 1.807) is 0 Å². The summed E-state index contributed by atoms with van der Waals surface area (Å²) >= 11 is 0. The molecular formula is C17H20O2. The van der Waals surface area contributed by atoms with Crippen LogP contribution < -0.4 is 4.74 Å². The van der Waals surface area contributed by atoms with Crippen molar-refractivity contribution in [2.24, 2.45) is 0 Å². The zero-order chi connectivity index (χ0) is 13.5. The Hall–Kier alpha value is -1.80. The average molecular weight is 256 g/mol. The number of ether oxygens (including phenoxy) is 1. The number of hydrogen-bond donors (Lipinski definition) is 1. The Balaban J connectivity index is 1.91. The molecule has 0 saturated heterocycles. The topological polar surface area (TPSA) is 29.5 Å². The molecule has 2 heteroatoms. The van der Waals surface area contributed by atoms with E-state index in [4.69, 9.17) is 4.74 Å². The van der Waals surface area contributed by atoms with Crippen LogP contribution in [0.1, 0.15) is 24.5 Å². The summed E-state index contributed by atoms with van der Waals surface area (Å²) < 4.78 is 5.51. The molecule has 0 heterocycles. The van der Waals surface area contributed by atoms with Gasteiger partial charge in [-0.1, -0.05) is 49.4 Å². The Bertz CT molecular complexity index is 476. The van der Waals surface area contributed by atoms with Crippen molar-refractivity contribution in [1.82, 2.24) is 0 Å². The molecule has 0 saturated carbocycles. The molecule has 0 fully saturated rings. The number of aliphatic hydroxyl groups is 1. The second-order valence-corrected chi connectivity index (χ2v) is 4.68. The van der Waals surface area contributed by atoms with Gasteiger partial charge in [-0.3, -0.25) is 0 Å². The molecule has 2 rings (SSSR count). The molecule has 0 aliphatic rings. The van der Waals surface area contributed by atoms with Gasteiger partial charge in [0.25, 0.3) is 0 Å². The van der Waals surface area contributed by atoms with Gasteiger partial charge in [0.1, 0.15) is 12.4 Å². The summed E-state index contributed by atoms with van der Waals surface area (Å²) in [5.41, 5.74) is 2.56. The second-order valence-electron chi connectivity index (χ2n) is 4.68. The molecule has 0 radical (unpaired) electrons. The molecule has 0 amide bonds. The van der Waals surface area contributed by atoms with Crippen molar-refractivity contribution in [3.63, 3.8) is 0 Å². The standard InChI is InChI=1S/C17H20O2/c1-2-16(18)13-19-17-10-8-15(9-11-17)12-14-6-4-3-5-7-14/h3-11,16,18H,2,12-13H2,1H3. The zero-order valence-electron chi connectivity index (χ0n) is 11.3. The fourth-order valence-corrected chi connectivity index (χ4v) is 1.85.